The number of aromatic hydroxyl groups is 2. The topological polar surface area (TPSA) is 75.3 Å². The number of phenols is 2. The highest BCUT2D eigenvalue weighted by molar-refractivity contribution is 7.09. The quantitative estimate of drug-likeness (QED) is 0.592. The van der Waals surface area contributed by atoms with Crippen molar-refractivity contribution in [2.45, 2.75) is 6.54 Å². The zero-order valence-electron chi connectivity index (χ0n) is 13.1. The minimum Gasteiger partial charge on any atom is -0.508 e. The van der Waals surface area contributed by atoms with Gasteiger partial charge < -0.3 is 10.2 Å². The molecule has 0 atom stereocenters. The van der Waals surface area contributed by atoms with Crippen LogP contribution in [0.15, 0.2) is 64.8 Å². The average Bonchev–Trinajstić information content (AvgIpc) is 3.10. The maximum atomic E-state index is 13.0. The summed E-state index contributed by atoms with van der Waals surface area (Å²) < 4.78 is 1.60. The molecule has 0 saturated carbocycles. The third-order valence-electron chi connectivity index (χ3n) is 3.94. The Bertz CT molecular complexity index is 1120. The number of hydrogen-bond donors (Lipinski definition) is 2. The van der Waals surface area contributed by atoms with Gasteiger partial charge in [0.05, 0.1) is 17.4 Å². The summed E-state index contributed by atoms with van der Waals surface area (Å²) in [5.41, 5.74) is 0.876. The van der Waals surface area contributed by atoms with Crippen LogP contribution in [0.25, 0.3) is 22.3 Å². The van der Waals surface area contributed by atoms with Crippen LogP contribution in [0.1, 0.15) is 4.88 Å². The lowest BCUT2D eigenvalue weighted by atomic mass is 10.1. The van der Waals surface area contributed by atoms with Crippen LogP contribution >= 0.6 is 11.3 Å². The number of thiophene rings is 1. The molecule has 0 spiro atoms. The molecule has 4 aromatic rings. The highest BCUT2D eigenvalue weighted by Crippen LogP contribution is 2.25. The highest BCUT2D eigenvalue weighted by Gasteiger charge is 2.14. The Labute approximate surface area is 147 Å². The Kier molecular flexibility index (Phi) is 3.74. The van der Waals surface area contributed by atoms with Crippen molar-refractivity contribution in [3.63, 3.8) is 0 Å². The predicted molar refractivity (Wildman–Crippen MR) is 98.2 cm³/mol. The van der Waals surface area contributed by atoms with E-state index in [0.29, 0.717) is 28.8 Å². The van der Waals surface area contributed by atoms with Crippen LogP contribution in [0.5, 0.6) is 11.5 Å². The van der Waals surface area contributed by atoms with Crippen LogP contribution in [-0.4, -0.2) is 19.8 Å². The number of nitrogens with zero attached hydrogens (tertiary/aromatic N) is 2. The third kappa shape index (κ3) is 2.88. The minimum atomic E-state index is -0.184. The Morgan fingerprint density at radius 1 is 1.00 bits per heavy atom. The zero-order valence-corrected chi connectivity index (χ0v) is 13.9. The maximum absolute atomic E-state index is 13.0. The molecule has 0 aliphatic heterocycles. The van der Waals surface area contributed by atoms with Gasteiger partial charge in [-0.2, -0.15) is 0 Å². The highest BCUT2D eigenvalue weighted by atomic mass is 32.1. The molecule has 124 valence electrons. The summed E-state index contributed by atoms with van der Waals surface area (Å²) in [6.07, 6.45) is 0. The molecule has 0 saturated heterocycles. The van der Waals surface area contributed by atoms with Gasteiger partial charge in [0.2, 0.25) is 0 Å². The summed E-state index contributed by atoms with van der Waals surface area (Å²) in [5.74, 6) is 0.607. The van der Waals surface area contributed by atoms with E-state index in [1.165, 1.54) is 12.1 Å². The molecule has 2 N–H and O–H groups in total. The van der Waals surface area contributed by atoms with Crippen molar-refractivity contribution in [3.05, 3.63) is 75.2 Å². The van der Waals surface area contributed by atoms with Crippen molar-refractivity contribution in [1.29, 1.82) is 0 Å². The second kappa shape index (κ2) is 6.07. The predicted octanol–water partition coefficient (Wildman–Crippen LogP) is 3.58. The van der Waals surface area contributed by atoms with Crippen molar-refractivity contribution in [2.24, 2.45) is 0 Å². The van der Waals surface area contributed by atoms with Crippen LogP contribution in [-0.2, 0) is 6.54 Å². The van der Waals surface area contributed by atoms with Crippen molar-refractivity contribution in [2.75, 3.05) is 0 Å². The van der Waals surface area contributed by atoms with Crippen LogP contribution in [0.2, 0.25) is 0 Å². The van der Waals surface area contributed by atoms with Crippen molar-refractivity contribution in [3.8, 4) is 22.9 Å². The first kappa shape index (κ1) is 15.4. The molecule has 6 heteroatoms. The molecule has 0 fully saturated rings. The maximum Gasteiger partial charge on any atom is 0.261 e. The summed E-state index contributed by atoms with van der Waals surface area (Å²) >= 11 is 1.56. The Morgan fingerprint density at radius 2 is 1.84 bits per heavy atom. The van der Waals surface area contributed by atoms with E-state index in [1.807, 2.05) is 17.5 Å². The fraction of sp³-hybridized carbons (Fsp3) is 0.0526. The molecular formula is C19H14N2O3S. The van der Waals surface area contributed by atoms with Gasteiger partial charge in [-0.3, -0.25) is 9.36 Å². The lowest BCUT2D eigenvalue weighted by Crippen LogP contribution is -2.23. The summed E-state index contributed by atoms with van der Waals surface area (Å²) in [6, 6.07) is 15.1. The first-order valence-corrected chi connectivity index (χ1v) is 8.55. The van der Waals surface area contributed by atoms with E-state index in [-0.39, 0.29) is 17.1 Å². The average molecular weight is 350 g/mol. The van der Waals surface area contributed by atoms with E-state index < -0.39 is 0 Å². The number of benzene rings is 2. The van der Waals surface area contributed by atoms with Gasteiger partial charge in [-0.05, 0) is 35.7 Å². The van der Waals surface area contributed by atoms with E-state index in [4.69, 9.17) is 0 Å². The number of fused-ring (bicyclic) bond motifs is 1. The van der Waals surface area contributed by atoms with Crippen LogP contribution in [0.3, 0.4) is 0 Å². The molecule has 2 heterocycles. The first-order chi connectivity index (χ1) is 12.1. The molecule has 4 rings (SSSR count). The normalized spacial score (nSPS) is 11.0. The van der Waals surface area contributed by atoms with Gasteiger partial charge >= 0.3 is 0 Å². The fourth-order valence-electron chi connectivity index (χ4n) is 2.78. The summed E-state index contributed by atoms with van der Waals surface area (Å²) in [7, 11) is 0. The molecular weight excluding hydrogens is 336 g/mol. The lowest BCUT2D eigenvalue weighted by Gasteiger charge is -2.13. The Hall–Kier alpha value is -3.12. The monoisotopic (exact) mass is 350 g/mol. The number of rotatable bonds is 3. The van der Waals surface area contributed by atoms with Crippen LogP contribution in [0.4, 0.5) is 0 Å². The van der Waals surface area contributed by atoms with E-state index in [0.717, 1.165) is 4.88 Å². The van der Waals surface area contributed by atoms with Crippen molar-refractivity contribution in [1.82, 2.24) is 9.55 Å². The zero-order chi connectivity index (χ0) is 17.4. The van der Waals surface area contributed by atoms with Crippen LogP contribution < -0.4 is 5.56 Å². The van der Waals surface area contributed by atoms with Crippen molar-refractivity contribution < 1.29 is 10.2 Å². The SMILES string of the molecule is O=c1c2ccc(O)cc2nc(-c2cccc(O)c2)n1Cc1cccs1. The molecule has 0 unspecified atom stereocenters. The van der Waals surface area contributed by atoms with E-state index in [1.54, 1.807) is 46.2 Å². The van der Waals surface area contributed by atoms with Gasteiger partial charge in [0.15, 0.2) is 0 Å². The molecule has 2 aromatic heterocycles. The summed E-state index contributed by atoms with van der Waals surface area (Å²) in [4.78, 5) is 18.6. The van der Waals surface area contributed by atoms with Crippen molar-refractivity contribution >= 4 is 22.2 Å². The second-order valence-electron chi connectivity index (χ2n) is 5.66. The van der Waals surface area contributed by atoms with Gasteiger partial charge in [0, 0.05) is 16.5 Å². The number of aromatic nitrogens is 2. The molecule has 0 aliphatic rings. The molecule has 0 bridgehead atoms. The van der Waals surface area contributed by atoms with Gasteiger partial charge in [-0.25, -0.2) is 4.98 Å². The molecule has 0 aliphatic carbocycles. The third-order valence-corrected chi connectivity index (χ3v) is 4.80. The minimum absolute atomic E-state index is 0.0530. The van der Waals surface area contributed by atoms with E-state index in [2.05, 4.69) is 4.98 Å². The lowest BCUT2D eigenvalue weighted by molar-refractivity contribution is 0.475. The fourth-order valence-corrected chi connectivity index (χ4v) is 3.47. The van der Waals surface area contributed by atoms with Gasteiger partial charge in [-0.15, -0.1) is 11.3 Å². The Morgan fingerprint density at radius 3 is 2.60 bits per heavy atom. The van der Waals surface area contributed by atoms with Gasteiger partial charge in [0.25, 0.3) is 5.56 Å². The first-order valence-electron chi connectivity index (χ1n) is 7.67. The molecule has 0 amide bonds. The second-order valence-corrected chi connectivity index (χ2v) is 6.69. The number of phenolic OH excluding ortho intramolecular Hbond substituents is 2. The molecule has 5 nitrogen and oxygen atoms in total. The smallest absolute Gasteiger partial charge is 0.261 e. The van der Waals surface area contributed by atoms with Crippen LogP contribution in [0, 0.1) is 0 Å². The summed E-state index contributed by atoms with van der Waals surface area (Å²) in [6.45, 7) is 0.394. The molecule has 25 heavy (non-hydrogen) atoms. The van der Waals surface area contributed by atoms with Gasteiger partial charge in [0.1, 0.15) is 17.3 Å². The van der Waals surface area contributed by atoms with Gasteiger partial charge in [-0.1, -0.05) is 18.2 Å². The standard InChI is InChI=1S/C19H14N2O3S/c22-13-4-1-3-12(9-13)18-20-17-10-14(23)6-7-16(17)19(24)21(18)11-15-5-2-8-25-15/h1-10,22-23H,11H2. The Balaban J connectivity index is 2.02. The number of hydrogen-bond acceptors (Lipinski definition) is 5. The largest absolute Gasteiger partial charge is 0.508 e. The van der Waals surface area contributed by atoms with E-state index in [9.17, 15) is 15.0 Å². The molecule has 2 aromatic carbocycles. The molecule has 0 radical (unpaired) electrons. The summed E-state index contributed by atoms with van der Waals surface area (Å²) in [5, 5.41) is 21.9. The van der Waals surface area contributed by atoms with E-state index >= 15 is 0 Å².